The number of aliphatic hydroxyl groups excluding tert-OH is 1. The monoisotopic (exact) mass is 206 g/mol. The summed E-state index contributed by atoms with van der Waals surface area (Å²) < 4.78 is 5.06. The van der Waals surface area contributed by atoms with E-state index in [1.165, 1.54) is 0 Å². The summed E-state index contributed by atoms with van der Waals surface area (Å²) in [5.74, 6) is 0. The van der Waals surface area contributed by atoms with Gasteiger partial charge in [0.2, 0.25) is 0 Å². The predicted molar refractivity (Wildman–Crippen MR) is 61.7 cm³/mol. The minimum atomic E-state index is -0.333. The van der Waals surface area contributed by atoms with E-state index in [1.807, 2.05) is 18.2 Å². The summed E-state index contributed by atoms with van der Waals surface area (Å²) in [6.45, 7) is 4.23. The Morgan fingerprint density at radius 2 is 2.20 bits per heavy atom. The van der Waals surface area contributed by atoms with E-state index in [9.17, 15) is 5.11 Å². The van der Waals surface area contributed by atoms with Gasteiger partial charge in [0.05, 0.1) is 12.7 Å². The van der Waals surface area contributed by atoms with E-state index < -0.39 is 0 Å². The molecule has 0 spiro atoms. The summed E-state index contributed by atoms with van der Waals surface area (Å²) in [7, 11) is 1.68. The topological polar surface area (TPSA) is 29.5 Å². The van der Waals surface area contributed by atoms with E-state index in [0.29, 0.717) is 19.4 Å². The molecule has 15 heavy (non-hydrogen) atoms. The fourth-order valence-electron chi connectivity index (χ4n) is 1.56. The molecule has 2 nitrogen and oxygen atoms in total. The Labute approximate surface area is 91.2 Å². The first-order chi connectivity index (χ1) is 7.26. The van der Waals surface area contributed by atoms with Crippen molar-refractivity contribution in [3.05, 3.63) is 48.0 Å². The van der Waals surface area contributed by atoms with Gasteiger partial charge in [-0.1, -0.05) is 30.3 Å². The molecular formula is C13H18O2. The molecule has 0 aromatic heterocycles. The Hall–Kier alpha value is -1.12. The molecule has 1 atom stereocenters. The van der Waals surface area contributed by atoms with E-state index >= 15 is 0 Å². The molecule has 1 aromatic rings. The van der Waals surface area contributed by atoms with E-state index in [1.54, 1.807) is 13.2 Å². The lowest BCUT2D eigenvalue weighted by atomic mass is 10.0. The van der Waals surface area contributed by atoms with Crippen molar-refractivity contribution in [3.63, 3.8) is 0 Å². The molecule has 1 N–H and O–H groups in total. The van der Waals surface area contributed by atoms with Gasteiger partial charge in [-0.25, -0.2) is 0 Å². The maximum absolute atomic E-state index is 9.62. The fourth-order valence-corrected chi connectivity index (χ4v) is 1.56. The number of rotatable bonds is 6. The molecule has 0 aliphatic carbocycles. The van der Waals surface area contributed by atoms with Crippen LogP contribution in [0.1, 0.15) is 17.5 Å². The van der Waals surface area contributed by atoms with E-state index in [4.69, 9.17) is 4.74 Å². The van der Waals surface area contributed by atoms with Crippen LogP contribution in [0.5, 0.6) is 0 Å². The van der Waals surface area contributed by atoms with Gasteiger partial charge in [0.25, 0.3) is 0 Å². The van der Waals surface area contributed by atoms with Gasteiger partial charge in [0.1, 0.15) is 0 Å². The highest BCUT2D eigenvalue weighted by Gasteiger charge is 2.03. The van der Waals surface area contributed by atoms with Crippen LogP contribution in [0.2, 0.25) is 0 Å². The summed E-state index contributed by atoms with van der Waals surface area (Å²) >= 11 is 0. The number of benzene rings is 1. The zero-order valence-corrected chi connectivity index (χ0v) is 9.15. The highest BCUT2D eigenvalue weighted by atomic mass is 16.5. The van der Waals surface area contributed by atoms with Gasteiger partial charge in [-0.05, 0) is 24.0 Å². The normalized spacial score (nSPS) is 12.4. The Morgan fingerprint density at radius 3 is 2.87 bits per heavy atom. The number of methoxy groups -OCH3 is 1. The molecule has 0 saturated heterocycles. The first-order valence-electron chi connectivity index (χ1n) is 5.12. The third-order valence-electron chi connectivity index (χ3n) is 2.21. The molecular weight excluding hydrogens is 188 g/mol. The van der Waals surface area contributed by atoms with Crippen LogP contribution >= 0.6 is 0 Å². The van der Waals surface area contributed by atoms with Crippen LogP contribution in [0, 0.1) is 0 Å². The van der Waals surface area contributed by atoms with Crippen molar-refractivity contribution in [1.82, 2.24) is 0 Å². The molecule has 1 unspecified atom stereocenters. The minimum Gasteiger partial charge on any atom is -0.392 e. The Balaban J connectivity index is 2.60. The molecule has 0 aliphatic rings. The van der Waals surface area contributed by atoms with Gasteiger partial charge >= 0.3 is 0 Å². The van der Waals surface area contributed by atoms with Crippen LogP contribution in [0.4, 0.5) is 0 Å². The van der Waals surface area contributed by atoms with Crippen LogP contribution in [0.3, 0.4) is 0 Å². The van der Waals surface area contributed by atoms with Crippen LogP contribution in [-0.2, 0) is 17.8 Å². The molecule has 0 saturated carbocycles. The Bertz CT molecular complexity index is 307. The molecule has 0 aliphatic heterocycles. The van der Waals surface area contributed by atoms with Gasteiger partial charge in [-0.3, -0.25) is 0 Å². The van der Waals surface area contributed by atoms with Gasteiger partial charge < -0.3 is 9.84 Å². The second kappa shape index (κ2) is 6.38. The van der Waals surface area contributed by atoms with Crippen molar-refractivity contribution in [1.29, 1.82) is 0 Å². The lowest BCUT2D eigenvalue weighted by molar-refractivity contribution is 0.177. The predicted octanol–water partition coefficient (Wildman–Crippen LogP) is 2.31. The minimum absolute atomic E-state index is 0.333. The van der Waals surface area contributed by atoms with Crippen molar-refractivity contribution in [2.75, 3.05) is 7.11 Å². The number of hydrogen-bond donors (Lipinski definition) is 1. The van der Waals surface area contributed by atoms with Crippen molar-refractivity contribution in [2.45, 2.75) is 25.6 Å². The van der Waals surface area contributed by atoms with Crippen LogP contribution < -0.4 is 0 Å². The second-order valence-electron chi connectivity index (χ2n) is 3.64. The lowest BCUT2D eigenvalue weighted by Crippen LogP contribution is -2.09. The zero-order valence-electron chi connectivity index (χ0n) is 9.15. The average Bonchev–Trinajstić information content (AvgIpc) is 2.19. The molecule has 82 valence electrons. The third-order valence-corrected chi connectivity index (χ3v) is 2.21. The third kappa shape index (κ3) is 4.28. The van der Waals surface area contributed by atoms with Crippen molar-refractivity contribution in [2.24, 2.45) is 0 Å². The summed E-state index contributed by atoms with van der Waals surface area (Å²) in [6.07, 6.45) is 2.71. The molecule has 0 heterocycles. The molecule has 0 radical (unpaired) electrons. The first kappa shape index (κ1) is 12.0. The van der Waals surface area contributed by atoms with Crippen LogP contribution in [-0.4, -0.2) is 18.3 Å². The smallest absolute Gasteiger partial charge is 0.0713 e. The average molecular weight is 206 g/mol. The van der Waals surface area contributed by atoms with Crippen LogP contribution in [0.25, 0.3) is 0 Å². The number of ether oxygens (including phenoxy) is 1. The van der Waals surface area contributed by atoms with E-state index in [0.717, 1.165) is 11.1 Å². The van der Waals surface area contributed by atoms with Gasteiger partial charge in [-0.15, -0.1) is 6.58 Å². The zero-order chi connectivity index (χ0) is 11.1. The van der Waals surface area contributed by atoms with Crippen molar-refractivity contribution < 1.29 is 9.84 Å². The van der Waals surface area contributed by atoms with Gasteiger partial charge in [0.15, 0.2) is 0 Å². The summed E-state index contributed by atoms with van der Waals surface area (Å²) in [4.78, 5) is 0. The molecule has 2 heteroatoms. The number of aliphatic hydroxyl groups is 1. The summed E-state index contributed by atoms with van der Waals surface area (Å²) in [5, 5.41) is 9.62. The van der Waals surface area contributed by atoms with E-state index in [-0.39, 0.29) is 6.10 Å². The maximum atomic E-state index is 9.62. The molecule has 0 amide bonds. The molecule has 0 bridgehead atoms. The van der Waals surface area contributed by atoms with Crippen molar-refractivity contribution in [3.8, 4) is 0 Å². The molecule has 0 fully saturated rings. The number of hydrogen-bond acceptors (Lipinski definition) is 2. The second-order valence-corrected chi connectivity index (χ2v) is 3.64. The van der Waals surface area contributed by atoms with Crippen LogP contribution in [0.15, 0.2) is 36.9 Å². The van der Waals surface area contributed by atoms with Gasteiger partial charge in [0, 0.05) is 7.11 Å². The highest BCUT2D eigenvalue weighted by Crippen LogP contribution is 2.10. The summed E-state index contributed by atoms with van der Waals surface area (Å²) in [5.41, 5.74) is 2.28. The maximum Gasteiger partial charge on any atom is 0.0713 e. The summed E-state index contributed by atoms with van der Waals surface area (Å²) in [6, 6.07) is 8.10. The highest BCUT2D eigenvalue weighted by molar-refractivity contribution is 5.23. The van der Waals surface area contributed by atoms with Crippen molar-refractivity contribution >= 4 is 0 Å². The molecule has 1 rings (SSSR count). The fraction of sp³-hybridized carbons (Fsp3) is 0.385. The first-order valence-corrected chi connectivity index (χ1v) is 5.12. The van der Waals surface area contributed by atoms with Gasteiger partial charge in [-0.2, -0.15) is 0 Å². The SMILES string of the molecule is C=CCC(O)Cc1cccc(COC)c1. The lowest BCUT2D eigenvalue weighted by Gasteiger charge is -2.09. The largest absolute Gasteiger partial charge is 0.392 e. The quantitative estimate of drug-likeness (QED) is 0.724. The Kier molecular flexibility index (Phi) is 5.08. The molecule has 1 aromatic carbocycles. The van der Waals surface area contributed by atoms with E-state index in [2.05, 4.69) is 12.6 Å². The Morgan fingerprint density at radius 1 is 1.47 bits per heavy atom. The standard InChI is InChI=1S/C13H18O2/c1-3-5-13(14)9-11-6-4-7-12(8-11)10-15-2/h3-4,6-8,13-14H,1,5,9-10H2,2H3.